The predicted molar refractivity (Wildman–Crippen MR) is 44.4 cm³/mol. The standard InChI is InChI=1S/C6H9N4S/c1-2-8-6(7-1)10-5-3-11-4-9-5/h3,6-8,10H,1-2H2. The van der Waals surface area contributed by atoms with Crippen molar-refractivity contribution in [1.29, 1.82) is 0 Å². The molecule has 0 saturated carbocycles. The van der Waals surface area contributed by atoms with Gasteiger partial charge in [-0.1, -0.05) is 0 Å². The first kappa shape index (κ1) is 7.02. The number of anilines is 1. The molecule has 0 atom stereocenters. The van der Waals surface area contributed by atoms with Gasteiger partial charge >= 0.3 is 0 Å². The third kappa shape index (κ3) is 1.68. The summed E-state index contributed by atoms with van der Waals surface area (Å²) < 4.78 is 0. The molecule has 1 radical (unpaired) electrons. The third-order valence-corrected chi connectivity index (χ3v) is 2.04. The molecule has 0 bridgehead atoms. The van der Waals surface area contributed by atoms with Crippen LogP contribution in [-0.4, -0.2) is 24.4 Å². The normalized spacial score (nSPS) is 18.9. The second-order valence-electron chi connectivity index (χ2n) is 2.31. The van der Waals surface area contributed by atoms with E-state index in [0.29, 0.717) is 0 Å². The fourth-order valence-corrected chi connectivity index (χ4v) is 1.44. The average molecular weight is 169 g/mol. The molecule has 1 aromatic rings. The summed E-state index contributed by atoms with van der Waals surface area (Å²) in [6.07, 6.45) is 0.172. The first-order valence-corrected chi connectivity index (χ1v) is 4.38. The maximum atomic E-state index is 3.98. The van der Waals surface area contributed by atoms with E-state index in [1.165, 1.54) is 11.3 Å². The molecular formula is C6H9N4S. The Kier molecular flexibility index (Phi) is 2.02. The number of thiazole rings is 1. The Morgan fingerprint density at radius 1 is 1.64 bits per heavy atom. The minimum absolute atomic E-state index is 0.172. The summed E-state index contributed by atoms with van der Waals surface area (Å²) in [5.41, 5.74) is 2.78. The van der Waals surface area contributed by atoms with Gasteiger partial charge in [-0.25, -0.2) is 4.98 Å². The number of aromatic nitrogens is 1. The van der Waals surface area contributed by atoms with Gasteiger partial charge in [0.1, 0.15) is 12.1 Å². The van der Waals surface area contributed by atoms with E-state index in [4.69, 9.17) is 0 Å². The van der Waals surface area contributed by atoms with Crippen molar-refractivity contribution in [2.24, 2.45) is 0 Å². The van der Waals surface area contributed by atoms with E-state index in [0.717, 1.165) is 18.9 Å². The first-order chi connectivity index (χ1) is 5.45. The van der Waals surface area contributed by atoms with E-state index < -0.39 is 0 Å². The number of nitrogens with one attached hydrogen (secondary N) is 3. The number of nitrogens with zero attached hydrogens (tertiary/aromatic N) is 1. The lowest BCUT2D eigenvalue weighted by Gasteiger charge is -2.11. The SMILES string of the molecule is [c]1nc(NC2NCCN2)cs1. The van der Waals surface area contributed by atoms with E-state index in [2.05, 4.69) is 26.4 Å². The van der Waals surface area contributed by atoms with Crippen LogP contribution >= 0.6 is 11.3 Å². The van der Waals surface area contributed by atoms with Crippen molar-refractivity contribution >= 4 is 17.2 Å². The Balaban J connectivity index is 1.90. The van der Waals surface area contributed by atoms with Crippen LogP contribution in [0.2, 0.25) is 0 Å². The van der Waals surface area contributed by atoms with Gasteiger partial charge in [0.2, 0.25) is 0 Å². The highest BCUT2D eigenvalue weighted by molar-refractivity contribution is 7.07. The van der Waals surface area contributed by atoms with Crippen LogP contribution in [0.5, 0.6) is 0 Å². The Morgan fingerprint density at radius 3 is 3.09 bits per heavy atom. The number of hydrogen-bond acceptors (Lipinski definition) is 5. The molecule has 0 spiro atoms. The van der Waals surface area contributed by atoms with Crippen molar-refractivity contribution in [3.8, 4) is 0 Å². The van der Waals surface area contributed by atoms with Gasteiger partial charge in [0.25, 0.3) is 0 Å². The number of rotatable bonds is 2. The molecule has 1 aliphatic heterocycles. The van der Waals surface area contributed by atoms with Crippen molar-refractivity contribution < 1.29 is 0 Å². The molecule has 0 unspecified atom stereocenters. The van der Waals surface area contributed by atoms with Crippen molar-refractivity contribution in [1.82, 2.24) is 15.6 Å². The molecule has 0 amide bonds. The average Bonchev–Trinajstić information content (AvgIpc) is 2.60. The van der Waals surface area contributed by atoms with Crippen molar-refractivity contribution in [3.05, 3.63) is 10.9 Å². The van der Waals surface area contributed by atoms with E-state index in [-0.39, 0.29) is 6.29 Å². The summed E-state index contributed by atoms with van der Waals surface area (Å²) in [5.74, 6) is 0.877. The molecule has 1 aromatic heterocycles. The van der Waals surface area contributed by atoms with Gasteiger partial charge in [-0.3, -0.25) is 10.6 Å². The van der Waals surface area contributed by atoms with Crippen LogP contribution in [0, 0.1) is 5.51 Å². The fraction of sp³-hybridized carbons (Fsp3) is 0.500. The minimum atomic E-state index is 0.172. The summed E-state index contributed by atoms with van der Waals surface area (Å²) in [7, 11) is 0. The van der Waals surface area contributed by atoms with Gasteiger partial charge < -0.3 is 5.32 Å². The number of hydrogen-bond donors (Lipinski definition) is 3. The molecule has 1 saturated heterocycles. The summed E-state index contributed by atoms with van der Waals surface area (Å²) >= 11 is 1.47. The maximum absolute atomic E-state index is 3.98. The van der Waals surface area contributed by atoms with E-state index >= 15 is 0 Å². The lowest BCUT2D eigenvalue weighted by atomic mass is 10.7. The Morgan fingerprint density at radius 2 is 2.45 bits per heavy atom. The topological polar surface area (TPSA) is 49.0 Å². The summed E-state index contributed by atoms with van der Waals surface area (Å²) in [4.78, 5) is 3.98. The van der Waals surface area contributed by atoms with Gasteiger partial charge in [-0.2, -0.15) is 0 Å². The summed E-state index contributed by atoms with van der Waals surface area (Å²) in [6.45, 7) is 2.01. The lowest BCUT2D eigenvalue weighted by Crippen LogP contribution is -2.38. The smallest absolute Gasteiger partial charge is 0.154 e. The van der Waals surface area contributed by atoms with E-state index in [9.17, 15) is 0 Å². The van der Waals surface area contributed by atoms with Crippen molar-refractivity contribution in [2.45, 2.75) is 6.29 Å². The van der Waals surface area contributed by atoms with Crippen LogP contribution in [0.1, 0.15) is 0 Å². The summed E-state index contributed by atoms with van der Waals surface area (Å²) in [6, 6.07) is 0. The van der Waals surface area contributed by atoms with Gasteiger partial charge in [-0.05, 0) is 0 Å². The first-order valence-electron chi connectivity index (χ1n) is 3.50. The molecule has 4 nitrogen and oxygen atoms in total. The minimum Gasteiger partial charge on any atom is -0.342 e. The van der Waals surface area contributed by atoms with Gasteiger partial charge in [-0.15, -0.1) is 11.3 Å². The molecule has 2 rings (SSSR count). The molecule has 2 heterocycles. The zero-order chi connectivity index (χ0) is 7.52. The molecule has 5 heteroatoms. The zero-order valence-corrected chi connectivity index (χ0v) is 6.74. The van der Waals surface area contributed by atoms with Crippen LogP contribution in [0.25, 0.3) is 0 Å². The third-order valence-electron chi connectivity index (χ3n) is 1.50. The Hall–Kier alpha value is -0.650. The summed E-state index contributed by atoms with van der Waals surface area (Å²) in [5, 5.41) is 11.5. The zero-order valence-electron chi connectivity index (χ0n) is 5.92. The molecule has 59 valence electrons. The molecule has 11 heavy (non-hydrogen) atoms. The molecular weight excluding hydrogens is 160 g/mol. The highest BCUT2D eigenvalue weighted by Gasteiger charge is 2.11. The molecule has 0 aromatic carbocycles. The quantitative estimate of drug-likeness (QED) is 0.575. The van der Waals surface area contributed by atoms with Gasteiger partial charge in [0.15, 0.2) is 5.51 Å². The Bertz CT molecular complexity index is 204. The van der Waals surface area contributed by atoms with Crippen LogP contribution < -0.4 is 16.0 Å². The van der Waals surface area contributed by atoms with Crippen LogP contribution in [0.15, 0.2) is 5.38 Å². The second kappa shape index (κ2) is 3.17. The van der Waals surface area contributed by atoms with E-state index in [1.54, 1.807) is 0 Å². The molecule has 1 fully saturated rings. The van der Waals surface area contributed by atoms with Crippen molar-refractivity contribution in [2.75, 3.05) is 18.4 Å². The second-order valence-corrected chi connectivity index (χ2v) is 2.96. The van der Waals surface area contributed by atoms with Gasteiger partial charge in [0.05, 0.1) is 0 Å². The van der Waals surface area contributed by atoms with Crippen LogP contribution in [-0.2, 0) is 0 Å². The lowest BCUT2D eigenvalue weighted by molar-refractivity contribution is 0.618. The van der Waals surface area contributed by atoms with Crippen molar-refractivity contribution in [3.63, 3.8) is 0 Å². The van der Waals surface area contributed by atoms with Crippen LogP contribution in [0.3, 0.4) is 0 Å². The Labute approximate surface area is 69.0 Å². The highest BCUT2D eigenvalue weighted by Crippen LogP contribution is 2.06. The largest absolute Gasteiger partial charge is 0.342 e. The monoisotopic (exact) mass is 169 g/mol. The highest BCUT2D eigenvalue weighted by atomic mass is 32.1. The van der Waals surface area contributed by atoms with Crippen LogP contribution in [0.4, 0.5) is 5.82 Å². The van der Waals surface area contributed by atoms with E-state index in [1.807, 2.05) is 5.38 Å². The molecule has 0 aliphatic carbocycles. The van der Waals surface area contributed by atoms with Gasteiger partial charge in [0, 0.05) is 18.5 Å². The fourth-order valence-electron chi connectivity index (χ4n) is 1.01. The molecule has 3 N–H and O–H groups in total. The molecule has 1 aliphatic rings. The maximum Gasteiger partial charge on any atom is 0.154 e. The predicted octanol–water partition coefficient (Wildman–Crippen LogP) is -0.168.